The molecule has 17 N–H and O–H groups in total. The monoisotopic (exact) mass is 1460 g/mol. The van der Waals surface area contributed by atoms with Gasteiger partial charge in [-0.3, -0.25) is 62.3 Å². The van der Waals surface area contributed by atoms with E-state index in [4.69, 9.17) is 16.2 Å². The van der Waals surface area contributed by atoms with Gasteiger partial charge in [-0.25, -0.2) is 4.79 Å². The number of nitrogens with two attached hydrogens (primary N) is 2. The Hall–Kier alpha value is -9.26. The maximum Gasteiger partial charge on any atom is 0.334 e. The van der Waals surface area contributed by atoms with Crippen molar-refractivity contribution in [2.75, 3.05) is 13.1 Å². The summed E-state index contributed by atoms with van der Waals surface area (Å²) in [6, 6.07) is -4.50. The predicted octanol–water partition coefficient (Wildman–Crippen LogP) is 2.36. The number of phenolic OH excluding ortho intramolecular Hbond substituents is 1. The Balaban J connectivity index is 1.73. The number of hydrogen-bond donors (Lipinski definition) is 15. The molecule has 2 bridgehead atoms. The van der Waals surface area contributed by atoms with Crippen LogP contribution in [0.3, 0.4) is 0 Å². The van der Waals surface area contributed by atoms with Gasteiger partial charge in [0.1, 0.15) is 71.9 Å². The summed E-state index contributed by atoms with van der Waals surface area (Å²) in [7, 11) is 0. The van der Waals surface area contributed by atoms with E-state index < -0.39 is 187 Å². The predicted molar refractivity (Wildman–Crippen MR) is 382 cm³/mol. The molecule has 11 amide bonds. The Morgan fingerprint density at radius 1 is 0.596 bits per heavy atom. The minimum absolute atomic E-state index is 0.00711. The van der Waals surface area contributed by atoms with Crippen molar-refractivity contribution in [3.05, 3.63) is 59.7 Å². The quantitative estimate of drug-likeness (QED) is 0.0201. The van der Waals surface area contributed by atoms with Crippen LogP contribution in [-0.4, -0.2) is 188 Å². The van der Waals surface area contributed by atoms with Gasteiger partial charge in [-0.05, 0) is 119 Å². The van der Waals surface area contributed by atoms with Gasteiger partial charge in [-0.2, -0.15) is 0 Å². The number of nitrogens with zero attached hydrogens (tertiary/aromatic N) is 1. The molecule has 1 saturated heterocycles. The van der Waals surface area contributed by atoms with Gasteiger partial charge in [-0.1, -0.05) is 129 Å². The van der Waals surface area contributed by atoms with Gasteiger partial charge < -0.3 is 89.4 Å². The molecule has 2 aromatic carbocycles. The van der Waals surface area contributed by atoms with Crippen LogP contribution >= 0.6 is 0 Å². The van der Waals surface area contributed by atoms with Gasteiger partial charge in [0.25, 0.3) is 0 Å². The third-order valence-electron chi connectivity index (χ3n) is 18.5. The van der Waals surface area contributed by atoms with E-state index in [2.05, 4.69) is 61.7 Å². The number of rotatable bonds is 36. The van der Waals surface area contributed by atoms with Gasteiger partial charge in [0, 0.05) is 45.1 Å². The second-order valence-electron chi connectivity index (χ2n) is 27.7. The van der Waals surface area contributed by atoms with E-state index >= 15 is 0 Å². The average Bonchev–Trinajstić information content (AvgIpc) is 1.71. The van der Waals surface area contributed by atoms with Crippen molar-refractivity contribution in [2.45, 2.75) is 275 Å². The summed E-state index contributed by atoms with van der Waals surface area (Å²) in [5.41, 5.74) is 12.1. The fraction of sp³-hybridized carbons (Fsp3) is 0.644. The van der Waals surface area contributed by atoms with E-state index in [0.29, 0.717) is 24.3 Å². The van der Waals surface area contributed by atoms with Crippen LogP contribution in [0.25, 0.3) is 0 Å². The van der Waals surface area contributed by atoms with Gasteiger partial charge in [0.15, 0.2) is 0 Å². The van der Waals surface area contributed by atoms with E-state index in [0.717, 1.165) is 43.9 Å². The highest BCUT2D eigenvalue weighted by molar-refractivity contribution is 5.99. The fourth-order valence-electron chi connectivity index (χ4n) is 12.2. The number of unbranched alkanes of at least 4 members (excludes halogenated alkanes) is 10. The maximum absolute atomic E-state index is 14.8. The van der Waals surface area contributed by atoms with Crippen LogP contribution in [0.15, 0.2) is 48.5 Å². The van der Waals surface area contributed by atoms with Crippen molar-refractivity contribution >= 4 is 82.9 Å². The second-order valence-corrected chi connectivity index (χ2v) is 27.7. The first-order valence-electron chi connectivity index (χ1n) is 36.6. The van der Waals surface area contributed by atoms with Crippen LogP contribution < -0.4 is 64.1 Å². The van der Waals surface area contributed by atoms with Crippen LogP contribution in [0.1, 0.15) is 207 Å². The number of benzene rings is 2. The number of primary amides is 1. The molecule has 3 aliphatic heterocycles. The number of nitrogens with one attached hydrogen (secondary N) is 9. The van der Waals surface area contributed by atoms with Gasteiger partial charge in [-0.15, -0.1) is 0 Å². The van der Waals surface area contributed by atoms with Gasteiger partial charge in [0.05, 0.1) is 6.10 Å². The number of esters is 1. The van der Waals surface area contributed by atoms with E-state index in [1.165, 1.54) is 94.0 Å². The summed E-state index contributed by atoms with van der Waals surface area (Å²) < 4.78 is 5.83. The molecule has 0 aliphatic carbocycles. The number of aliphatic hydroxyl groups excluding tert-OH is 1. The number of carbonyl (C=O) groups excluding carboxylic acids is 12. The summed E-state index contributed by atoms with van der Waals surface area (Å²) >= 11 is 0. The number of hydrogen-bond acceptors (Lipinski definition) is 18. The third-order valence-corrected chi connectivity index (χ3v) is 18.5. The van der Waals surface area contributed by atoms with Crippen LogP contribution in [0, 0.1) is 11.8 Å². The number of carboxylic acid groups (broad SMARTS) is 2. The molecule has 0 saturated carbocycles. The number of amides is 11. The number of carboxylic acids is 2. The number of aromatic hydroxyl groups is 1. The molecule has 5 rings (SSSR count). The summed E-state index contributed by atoms with van der Waals surface area (Å²) in [6.45, 7) is 10.2. The molecule has 31 nitrogen and oxygen atoms in total. The average molecular weight is 1460 g/mol. The van der Waals surface area contributed by atoms with Crippen molar-refractivity contribution in [1.82, 2.24) is 52.8 Å². The molecule has 2 aromatic rings. The highest BCUT2D eigenvalue weighted by Gasteiger charge is 2.41. The minimum Gasteiger partial charge on any atom is -0.508 e. The molecule has 0 radical (unpaired) electrons. The Bertz CT molecular complexity index is 3190. The summed E-state index contributed by atoms with van der Waals surface area (Å²) in [5, 5.41) is 63.6. The lowest BCUT2D eigenvalue weighted by Gasteiger charge is -2.30. The lowest BCUT2D eigenvalue weighted by Crippen LogP contribution is -2.62. The SMILES string of the molecule is CC[C@H](C)[C@@H]1NC(=O)[C@H](Cc2ccc(O)cc2)NC(=O)[C@H](CCC(N)=O)NC(=O)[C@@H]2CCCN2C(=O)[C@@H](C)NC(=O)[C@H](CCC(=O)O)NC(=O)[C@H]([C@@H](C)O)NC(=O)[C@@H](NC(=O)[C@H](CCCN)NC(=O)[C@H](CCC(=O)O)NC(=O)CCCCCCCCCCCCCC(C)C)Cc2ccc(cc2)OC1=O. The Kier molecular flexibility index (Phi) is 38.3. The van der Waals surface area contributed by atoms with E-state index in [1.807, 2.05) is 0 Å². The van der Waals surface area contributed by atoms with Crippen LogP contribution in [0.2, 0.25) is 0 Å². The van der Waals surface area contributed by atoms with Crippen molar-refractivity contribution < 1.29 is 92.3 Å². The van der Waals surface area contributed by atoms with E-state index in [1.54, 1.807) is 13.8 Å². The molecule has 3 aliphatic rings. The summed E-state index contributed by atoms with van der Waals surface area (Å²) in [6.07, 6.45) is 7.82. The Morgan fingerprint density at radius 3 is 1.72 bits per heavy atom. The molecule has 0 aromatic heterocycles. The van der Waals surface area contributed by atoms with Gasteiger partial charge in [0.2, 0.25) is 65.0 Å². The standard InChI is InChI=1S/C73H112N12O19/c1-7-44(4)62-73(103)104-50-31-27-48(28-32-50)42-56(81-65(95)51(22-19-39-74)78-66(96)52(34-37-60(90)91)77-59(89)24-18-16-14-12-10-8-9-11-13-15-17-21-43(2)3)69(99)84-63(46(6)86)71(101)80-54(35-38-61(92)93)64(94)76-45(5)72(102)85-40-20-23-57(85)70(100)79-53(33-36-58(75)88)67(97)82-55(68(98)83-62)41-47-25-29-49(87)30-26-47/h25-32,43-46,51-57,62-63,86-87H,7-24,33-42,74H2,1-6H3,(H2,75,88)(H,76,94)(H,77,89)(H,78,96)(H,79,100)(H,80,101)(H,81,95)(H,82,97)(H,83,98)(H,84,99)(H,90,91)(H,92,93)/t44-,45+,46+,51-,52-,53-,54-,55-,56-,57-,62-,63-/m0/s1. The Morgan fingerprint density at radius 2 is 1.14 bits per heavy atom. The lowest BCUT2D eigenvalue weighted by molar-refractivity contribution is -0.143. The summed E-state index contributed by atoms with van der Waals surface area (Å²) in [5.74, 6) is -14.1. The highest BCUT2D eigenvalue weighted by Crippen LogP contribution is 2.23. The molecule has 12 atom stereocenters. The molecular formula is C73H112N12O19. The Labute approximate surface area is 608 Å². The lowest BCUT2D eigenvalue weighted by atomic mass is 9.97. The van der Waals surface area contributed by atoms with Crippen molar-refractivity contribution in [3.8, 4) is 11.5 Å². The highest BCUT2D eigenvalue weighted by atomic mass is 16.5. The zero-order valence-corrected chi connectivity index (χ0v) is 60.9. The first-order valence-corrected chi connectivity index (χ1v) is 36.6. The molecule has 31 heteroatoms. The normalized spacial score (nSPS) is 21.7. The summed E-state index contributed by atoms with van der Waals surface area (Å²) in [4.78, 5) is 194. The molecular weight excluding hydrogens is 1350 g/mol. The van der Waals surface area contributed by atoms with Gasteiger partial charge >= 0.3 is 17.9 Å². The van der Waals surface area contributed by atoms with Crippen LogP contribution in [0.5, 0.6) is 11.5 Å². The first kappa shape index (κ1) is 87.1. The van der Waals surface area contributed by atoms with Crippen LogP contribution in [0.4, 0.5) is 0 Å². The molecule has 104 heavy (non-hydrogen) atoms. The van der Waals surface area contributed by atoms with Crippen molar-refractivity contribution in [3.63, 3.8) is 0 Å². The third kappa shape index (κ3) is 31.4. The number of aliphatic carboxylic acids is 2. The molecule has 3 heterocycles. The number of aliphatic hydroxyl groups is 1. The van der Waals surface area contributed by atoms with Crippen LogP contribution in [-0.2, 0) is 80.0 Å². The molecule has 0 spiro atoms. The maximum atomic E-state index is 14.8. The van der Waals surface area contributed by atoms with E-state index in [9.17, 15) is 87.5 Å². The fourth-order valence-corrected chi connectivity index (χ4v) is 12.2. The first-order chi connectivity index (χ1) is 49.4. The zero-order chi connectivity index (χ0) is 77.0. The topological polar surface area (TPSA) is 493 Å². The number of carbonyl (C=O) groups is 14. The molecule has 578 valence electrons. The smallest absolute Gasteiger partial charge is 0.334 e. The number of fused-ring (bicyclic) bond motifs is 23. The second kappa shape index (κ2) is 45.8. The largest absolute Gasteiger partial charge is 0.508 e. The van der Waals surface area contributed by atoms with E-state index in [-0.39, 0.29) is 81.5 Å². The number of phenols is 1. The molecule has 0 unspecified atom stereocenters. The minimum atomic E-state index is -1.96. The van der Waals surface area contributed by atoms with Crippen molar-refractivity contribution in [2.24, 2.45) is 23.3 Å². The van der Waals surface area contributed by atoms with Crippen molar-refractivity contribution in [1.29, 1.82) is 0 Å². The number of ether oxygens (including phenoxy) is 1. The zero-order valence-electron chi connectivity index (χ0n) is 60.9. The molecule has 1 fully saturated rings.